The standard InChI is InChI=1S/C20H23N5O3/c1-4-27-17-11-10-16(12-18(17)28-5-2)21-19(26)13-25-23-20(22-24-25)15-8-6-14(3)7-9-15/h6-12H,4-5,13H2,1-3H3,(H,21,26). The Morgan fingerprint density at radius 2 is 1.75 bits per heavy atom. The van der Waals surface area contributed by atoms with E-state index in [1.807, 2.05) is 45.0 Å². The first kappa shape index (κ1) is 19.3. The van der Waals surface area contributed by atoms with Crippen LogP contribution in [0.3, 0.4) is 0 Å². The second-order valence-electron chi connectivity index (χ2n) is 6.09. The number of carbonyl (C=O) groups excluding carboxylic acids is 1. The van der Waals surface area contributed by atoms with Crippen molar-refractivity contribution in [2.24, 2.45) is 0 Å². The van der Waals surface area contributed by atoms with Crippen LogP contribution in [-0.2, 0) is 11.3 Å². The number of hydrogen-bond donors (Lipinski definition) is 1. The molecule has 0 aliphatic rings. The number of hydrogen-bond acceptors (Lipinski definition) is 6. The average Bonchev–Trinajstić information content (AvgIpc) is 3.13. The van der Waals surface area contributed by atoms with Crippen molar-refractivity contribution >= 4 is 11.6 Å². The van der Waals surface area contributed by atoms with E-state index in [0.29, 0.717) is 36.2 Å². The highest BCUT2D eigenvalue weighted by Gasteiger charge is 2.11. The van der Waals surface area contributed by atoms with E-state index in [2.05, 4.69) is 20.7 Å². The van der Waals surface area contributed by atoms with Gasteiger partial charge in [-0.15, -0.1) is 10.2 Å². The molecule has 0 saturated heterocycles. The summed E-state index contributed by atoms with van der Waals surface area (Å²) in [5.41, 5.74) is 2.61. The first-order valence-electron chi connectivity index (χ1n) is 9.13. The molecule has 146 valence electrons. The number of amides is 1. The Kier molecular flexibility index (Phi) is 6.21. The smallest absolute Gasteiger partial charge is 0.248 e. The summed E-state index contributed by atoms with van der Waals surface area (Å²) in [6, 6.07) is 13.1. The van der Waals surface area contributed by atoms with Gasteiger partial charge in [0.2, 0.25) is 11.7 Å². The highest BCUT2D eigenvalue weighted by Crippen LogP contribution is 2.30. The van der Waals surface area contributed by atoms with Gasteiger partial charge in [-0.2, -0.15) is 4.80 Å². The zero-order valence-electron chi connectivity index (χ0n) is 16.2. The minimum Gasteiger partial charge on any atom is -0.490 e. The Labute approximate surface area is 163 Å². The number of ether oxygens (including phenoxy) is 2. The molecule has 1 aromatic heterocycles. The summed E-state index contributed by atoms with van der Waals surface area (Å²) in [6.07, 6.45) is 0. The number of aryl methyl sites for hydroxylation is 1. The van der Waals surface area contributed by atoms with Crippen molar-refractivity contribution in [1.82, 2.24) is 20.2 Å². The summed E-state index contributed by atoms with van der Waals surface area (Å²) in [4.78, 5) is 13.6. The van der Waals surface area contributed by atoms with Crippen molar-refractivity contribution in [2.75, 3.05) is 18.5 Å². The van der Waals surface area contributed by atoms with Gasteiger partial charge in [0.05, 0.1) is 13.2 Å². The molecule has 0 saturated carbocycles. The summed E-state index contributed by atoms with van der Waals surface area (Å²) in [7, 11) is 0. The van der Waals surface area contributed by atoms with Gasteiger partial charge in [0.1, 0.15) is 6.54 Å². The number of nitrogens with one attached hydrogen (secondary N) is 1. The lowest BCUT2D eigenvalue weighted by molar-refractivity contribution is -0.117. The van der Waals surface area contributed by atoms with Gasteiger partial charge in [-0.05, 0) is 38.1 Å². The molecule has 3 rings (SSSR count). The molecule has 1 N–H and O–H groups in total. The molecule has 1 heterocycles. The van der Waals surface area contributed by atoms with E-state index in [-0.39, 0.29) is 12.5 Å². The number of anilines is 1. The zero-order chi connectivity index (χ0) is 19.9. The minimum absolute atomic E-state index is 0.0456. The Morgan fingerprint density at radius 1 is 1.04 bits per heavy atom. The maximum absolute atomic E-state index is 12.3. The van der Waals surface area contributed by atoms with Crippen LogP contribution >= 0.6 is 0 Å². The van der Waals surface area contributed by atoms with E-state index in [1.165, 1.54) is 4.80 Å². The van der Waals surface area contributed by atoms with Crippen molar-refractivity contribution in [1.29, 1.82) is 0 Å². The van der Waals surface area contributed by atoms with Crippen molar-refractivity contribution in [3.63, 3.8) is 0 Å². The lowest BCUT2D eigenvalue weighted by atomic mass is 10.1. The molecule has 0 fully saturated rings. The summed E-state index contributed by atoms with van der Waals surface area (Å²) in [5.74, 6) is 1.44. The SMILES string of the molecule is CCOc1ccc(NC(=O)Cn2nnc(-c3ccc(C)cc3)n2)cc1OCC. The lowest BCUT2D eigenvalue weighted by Gasteiger charge is -2.12. The molecule has 0 unspecified atom stereocenters. The second kappa shape index (κ2) is 8.98. The van der Waals surface area contributed by atoms with Crippen LogP contribution in [0.5, 0.6) is 11.5 Å². The maximum atomic E-state index is 12.3. The molecule has 2 aromatic carbocycles. The van der Waals surface area contributed by atoms with Crippen LogP contribution in [0.2, 0.25) is 0 Å². The molecular formula is C20H23N5O3. The van der Waals surface area contributed by atoms with E-state index < -0.39 is 0 Å². The number of carbonyl (C=O) groups is 1. The van der Waals surface area contributed by atoms with Crippen LogP contribution in [0.25, 0.3) is 11.4 Å². The molecule has 0 aliphatic carbocycles. The monoisotopic (exact) mass is 381 g/mol. The van der Waals surface area contributed by atoms with E-state index in [4.69, 9.17) is 9.47 Å². The predicted octanol–water partition coefficient (Wildman–Crippen LogP) is 3.08. The summed E-state index contributed by atoms with van der Waals surface area (Å²) >= 11 is 0. The van der Waals surface area contributed by atoms with Crippen molar-refractivity contribution in [3.8, 4) is 22.9 Å². The van der Waals surface area contributed by atoms with Gasteiger partial charge in [0, 0.05) is 17.3 Å². The van der Waals surface area contributed by atoms with E-state index in [1.54, 1.807) is 18.2 Å². The topological polar surface area (TPSA) is 91.2 Å². The van der Waals surface area contributed by atoms with Gasteiger partial charge in [-0.25, -0.2) is 0 Å². The number of benzene rings is 2. The Bertz CT molecular complexity index is 937. The number of aromatic nitrogens is 4. The minimum atomic E-state index is -0.264. The molecule has 0 radical (unpaired) electrons. The fourth-order valence-electron chi connectivity index (χ4n) is 2.59. The lowest BCUT2D eigenvalue weighted by Crippen LogP contribution is -2.20. The van der Waals surface area contributed by atoms with E-state index in [0.717, 1.165) is 11.1 Å². The van der Waals surface area contributed by atoms with E-state index in [9.17, 15) is 4.79 Å². The summed E-state index contributed by atoms with van der Waals surface area (Å²) < 4.78 is 11.1. The van der Waals surface area contributed by atoms with Crippen LogP contribution < -0.4 is 14.8 Å². The van der Waals surface area contributed by atoms with Gasteiger partial charge in [0.15, 0.2) is 11.5 Å². The van der Waals surface area contributed by atoms with Crippen LogP contribution in [0.15, 0.2) is 42.5 Å². The highest BCUT2D eigenvalue weighted by molar-refractivity contribution is 5.90. The van der Waals surface area contributed by atoms with Gasteiger partial charge in [-0.1, -0.05) is 29.8 Å². The van der Waals surface area contributed by atoms with Crippen molar-refractivity contribution in [2.45, 2.75) is 27.3 Å². The summed E-state index contributed by atoms with van der Waals surface area (Å²) in [5, 5.41) is 15.0. The molecule has 0 aliphatic heterocycles. The highest BCUT2D eigenvalue weighted by atomic mass is 16.5. The van der Waals surface area contributed by atoms with Gasteiger partial charge < -0.3 is 14.8 Å². The molecule has 8 heteroatoms. The first-order valence-corrected chi connectivity index (χ1v) is 9.13. The molecular weight excluding hydrogens is 358 g/mol. The Hall–Kier alpha value is -3.42. The zero-order valence-corrected chi connectivity index (χ0v) is 16.2. The number of rotatable bonds is 8. The molecule has 0 bridgehead atoms. The number of nitrogens with zero attached hydrogens (tertiary/aromatic N) is 4. The third-order valence-electron chi connectivity index (χ3n) is 3.87. The molecule has 8 nitrogen and oxygen atoms in total. The first-order chi connectivity index (χ1) is 13.6. The van der Waals surface area contributed by atoms with Gasteiger partial charge >= 0.3 is 0 Å². The van der Waals surface area contributed by atoms with Crippen LogP contribution in [0, 0.1) is 6.92 Å². The van der Waals surface area contributed by atoms with Crippen LogP contribution in [0.4, 0.5) is 5.69 Å². The largest absolute Gasteiger partial charge is 0.490 e. The van der Waals surface area contributed by atoms with Crippen molar-refractivity contribution < 1.29 is 14.3 Å². The fourth-order valence-corrected chi connectivity index (χ4v) is 2.59. The molecule has 3 aromatic rings. The van der Waals surface area contributed by atoms with Crippen LogP contribution in [-0.4, -0.2) is 39.3 Å². The second-order valence-corrected chi connectivity index (χ2v) is 6.09. The normalized spacial score (nSPS) is 10.5. The summed E-state index contributed by atoms with van der Waals surface area (Å²) in [6.45, 7) is 6.80. The van der Waals surface area contributed by atoms with E-state index >= 15 is 0 Å². The van der Waals surface area contributed by atoms with Crippen molar-refractivity contribution in [3.05, 3.63) is 48.0 Å². The van der Waals surface area contributed by atoms with Crippen LogP contribution in [0.1, 0.15) is 19.4 Å². The Morgan fingerprint density at radius 3 is 2.46 bits per heavy atom. The average molecular weight is 381 g/mol. The maximum Gasteiger partial charge on any atom is 0.248 e. The molecule has 28 heavy (non-hydrogen) atoms. The fraction of sp³-hybridized carbons (Fsp3) is 0.300. The van der Waals surface area contributed by atoms with Gasteiger partial charge in [0.25, 0.3) is 0 Å². The molecule has 0 spiro atoms. The molecule has 0 atom stereocenters. The predicted molar refractivity (Wildman–Crippen MR) is 105 cm³/mol. The number of tetrazole rings is 1. The Balaban J connectivity index is 1.65. The quantitative estimate of drug-likeness (QED) is 0.645. The van der Waals surface area contributed by atoms with Gasteiger partial charge in [-0.3, -0.25) is 4.79 Å². The molecule has 1 amide bonds. The third kappa shape index (κ3) is 4.85. The third-order valence-corrected chi connectivity index (χ3v) is 3.87.